The topological polar surface area (TPSA) is 41.6 Å². The average molecular weight is 336 g/mol. The van der Waals surface area contributed by atoms with E-state index >= 15 is 0 Å². The molecule has 2 atom stereocenters. The van der Waals surface area contributed by atoms with Gasteiger partial charge in [0.05, 0.1) is 19.1 Å². The summed E-state index contributed by atoms with van der Waals surface area (Å²) in [6.45, 7) is 5.79. The molecular weight excluding hydrogens is 312 g/mol. The van der Waals surface area contributed by atoms with E-state index in [0.717, 1.165) is 44.0 Å². The molecule has 1 saturated heterocycles. The number of anilines is 1. The molecule has 0 saturated carbocycles. The molecule has 4 nitrogen and oxygen atoms in total. The fourth-order valence-corrected chi connectivity index (χ4v) is 3.74. The molecule has 25 heavy (non-hydrogen) atoms. The van der Waals surface area contributed by atoms with Gasteiger partial charge in [0.1, 0.15) is 0 Å². The lowest BCUT2D eigenvalue weighted by molar-refractivity contribution is -0.118. The van der Waals surface area contributed by atoms with Crippen LogP contribution in [0.4, 0.5) is 5.69 Å². The van der Waals surface area contributed by atoms with Crippen LogP contribution in [-0.2, 0) is 16.0 Å². The van der Waals surface area contributed by atoms with Gasteiger partial charge in [-0.2, -0.15) is 0 Å². The Morgan fingerprint density at radius 1 is 1.12 bits per heavy atom. The molecule has 1 heterocycles. The molecule has 130 valence electrons. The highest BCUT2D eigenvalue weighted by atomic mass is 16.5. The average Bonchev–Trinajstić information content (AvgIpc) is 2.63. The molecule has 4 rings (SSSR count). The van der Waals surface area contributed by atoms with Crippen molar-refractivity contribution in [3.8, 4) is 0 Å². The number of hydrogen-bond donors (Lipinski definition) is 1. The molecule has 0 radical (unpaired) electrons. The van der Waals surface area contributed by atoms with Gasteiger partial charge in [0, 0.05) is 24.8 Å². The van der Waals surface area contributed by atoms with Crippen LogP contribution in [0.5, 0.6) is 0 Å². The molecule has 1 N–H and O–H groups in total. The van der Waals surface area contributed by atoms with Gasteiger partial charge < -0.3 is 10.1 Å². The van der Waals surface area contributed by atoms with Gasteiger partial charge in [-0.25, -0.2) is 0 Å². The SMILES string of the molecule is C[C@H](c1ccc(NC(=O)[C@@H]2Cc3ccccc32)cc1)N1CCOCC1. The standard InChI is InChI=1S/C21H24N2O2/c1-15(23-10-12-25-13-11-23)16-6-8-18(9-7-16)22-21(24)20-14-17-4-2-3-5-19(17)20/h2-9,15,20H,10-14H2,1H3,(H,22,24)/t15-,20-/m1/s1. The van der Waals surface area contributed by atoms with E-state index in [9.17, 15) is 4.79 Å². The Hall–Kier alpha value is -2.17. The van der Waals surface area contributed by atoms with Crippen molar-refractivity contribution in [3.05, 3.63) is 65.2 Å². The van der Waals surface area contributed by atoms with Crippen molar-refractivity contribution in [2.75, 3.05) is 31.6 Å². The first-order valence-electron chi connectivity index (χ1n) is 9.03. The number of benzene rings is 2. The number of morpholine rings is 1. The summed E-state index contributed by atoms with van der Waals surface area (Å²) in [6, 6.07) is 16.8. The van der Waals surface area contributed by atoms with Gasteiger partial charge in [-0.15, -0.1) is 0 Å². The number of rotatable bonds is 4. The lowest BCUT2D eigenvalue weighted by Crippen LogP contribution is -2.38. The number of nitrogens with zero attached hydrogens (tertiary/aromatic N) is 1. The maximum Gasteiger partial charge on any atom is 0.232 e. The van der Waals surface area contributed by atoms with Crippen molar-refractivity contribution in [2.45, 2.75) is 25.3 Å². The fourth-order valence-electron chi connectivity index (χ4n) is 3.74. The first-order chi connectivity index (χ1) is 12.2. The van der Waals surface area contributed by atoms with Gasteiger partial charge in [0.25, 0.3) is 0 Å². The van der Waals surface area contributed by atoms with Crippen molar-refractivity contribution in [1.82, 2.24) is 4.90 Å². The maximum absolute atomic E-state index is 12.5. The number of ether oxygens (including phenoxy) is 1. The number of carbonyl (C=O) groups is 1. The highest BCUT2D eigenvalue weighted by Gasteiger charge is 2.31. The van der Waals surface area contributed by atoms with E-state index in [2.05, 4.69) is 41.4 Å². The zero-order valence-corrected chi connectivity index (χ0v) is 14.6. The molecule has 1 fully saturated rings. The largest absolute Gasteiger partial charge is 0.379 e. The number of hydrogen-bond acceptors (Lipinski definition) is 3. The van der Waals surface area contributed by atoms with E-state index in [-0.39, 0.29) is 11.8 Å². The van der Waals surface area contributed by atoms with Crippen LogP contribution >= 0.6 is 0 Å². The first kappa shape index (κ1) is 16.3. The Kier molecular flexibility index (Phi) is 4.55. The molecule has 1 aliphatic carbocycles. The predicted molar refractivity (Wildman–Crippen MR) is 98.8 cm³/mol. The Labute approximate surface area is 148 Å². The molecule has 2 aromatic carbocycles. The normalized spacial score (nSPS) is 21.1. The maximum atomic E-state index is 12.5. The summed E-state index contributed by atoms with van der Waals surface area (Å²) in [7, 11) is 0. The summed E-state index contributed by atoms with van der Waals surface area (Å²) in [6.07, 6.45) is 0.841. The van der Waals surface area contributed by atoms with E-state index in [0.29, 0.717) is 6.04 Å². The Bertz CT molecular complexity index is 751. The number of nitrogens with one attached hydrogen (secondary N) is 1. The fraction of sp³-hybridized carbons (Fsp3) is 0.381. The zero-order valence-electron chi connectivity index (χ0n) is 14.6. The van der Waals surface area contributed by atoms with E-state index in [1.54, 1.807) is 0 Å². The molecule has 0 bridgehead atoms. The highest BCUT2D eigenvalue weighted by molar-refractivity contribution is 5.97. The van der Waals surface area contributed by atoms with E-state index in [1.807, 2.05) is 24.3 Å². The smallest absolute Gasteiger partial charge is 0.232 e. The summed E-state index contributed by atoms with van der Waals surface area (Å²) >= 11 is 0. The minimum atomic E-state index is -0.0110. The highest BCUT2D eigenvalue weighted by Crippen LogP contribution is 2.35. The van der Waals surface area contributed by atoms with Crippen molar-refractivity contribution in [2.24, 2.45) is 0 Å². The van der Waals surface area contributed by atoms with E-state index in [4.69, 9.17) is 4.74 Å². The quantitative estimate of drug-likeness (QED) is 0.931. The minimum Gasteiger partial charge on any atom is -0.379 e. The van der Waals surface area contributed by atoms with Crippen molar-refractivity contribution < 1.29 is 9.53 Å². The van der Waals surface area contributed by atoms with Gasteiger partial charge in [-0.05, 0) is 42.2 Å². The molecular formula is C21H24N2O2. The van der Waals surface area contributed by atoms with Gasteiger partial charge in [-0.3, -0.25) is 9.69 Å². The second kappa shape index (κ2) is 6.98. The van der Waals surface area contributed by atoms with Gasteiger partial charge in [-0.1, -0.05) is 36.4 Å². The lowest BCUT2D eigenvalue weighted by Gasteiger charge is -2.32. The van der Waals surface area contributed by atoms with Crippen molar-refractivity contribution in [1.29, 1.82) is 0 Å². The second-order valence-electron chi connectivity index (χ2n) is 6.89. The molecule has 0 spiro atoms. The van der Waals surface area contributed by atoms with Crippen LogP contribution in [0.3, 0.4) is 0 Å². The molecule has 1 aliphatic heterocycles. The third kappa shape index (κ3) is 3.32. The second-order valence-corrected chi connectivity index (χ2v) is 6.89. The summed E-state index contributed by atoms with van der Waals surface area (Å²) in [5, 5.41) is 3.06. The van der Waals surface area contributed by atoms with Crippen LogP contribution in [0, 0.1) is 0 Å². The molecule has 4 heteroatoms. The van der Waals surface area contributed by atoms with Gasteiger partial charge in [0.2, 0.25) is 5.91 Å². The number of amides is 1. The summed E-state index contributed by atoms with van der Waals surface area (Å²) in [5.41, 5.74) is 4.59. The summed E-state index contributed by atoms with van der Waals surface area (Å²) in [4.78, 5) is 14.9. The molecule has 2 aromatic rings. The summed E-state index contributed by atoms with van der Waals surface area (Å²) in [5.74, 6) is 0.0795. The number of fused-ring (bicyclic) bond motifs is 1. The molecule has 2 aliphatic rings. The molecule has 1 amide bonds. The van der Waals surface area contributed by atoms with Crippen LogP contribution < -0.4 is 5.32 Å². The Balaban J connectivity index is 1.38. The van der Waals surface area contributed by atoms with Crippen LogP contribution in [0.25, 0.3) is 0 Å². The minimum absolute atomic E-state index is 0.0110. The van der Waals surface area contributed by atoms with Gasteiger partial charge >= 0.3 is 0 Å². The van der Waals surface area contributed by atoms with Crippen LogP contribution in [0.1, 0.15) is 35.6 Å². The van der Waals surface area contributed by atoms with Crippen molar-refractivity contribution >= 4 is 11.6 Å². The first-order valence-corrected chi connectivity index (χ1v) is 9.03. The monoisotopic (exact) mass is 336 g/mol. The van der Waals surface area contributed by atoms with E-state index in [1.165, 1.54) is 11.1 Å². The Morgan fingerprint density at radius 3 is 2.56 bits per heavy atom. The van der Waals surface area contributed by atoms with Gasteiger partial charge in [0.15, 0.2) is 0 Å². The molecule has 0 unspecified atom stereocenters. The lowest BCUT2D eigenvalue weighted by atomic mass is 9.77. The molecule has 0 aromatic heterocycles. The predicted octanol–water partition coefficient (Wildman–Crippen LogP) is 3.36. The van der Waals surface area contributed by atoms with Crippen LogP contribution in [-0.4, -0.2) is 37.1 Å². The zero-order chi connectivity index (χ0) is 17.2. The van der Waals surface area contributed by atoms with Crippen LogP contribution in [0.15, 0.2) is 48.5 Å². The number of carbonyl (C=O) groups excluding carboxylic acids is 1. The summed E-state index contributed by atoms with van der Waals surface area (Å²) < 4.78 is 5.42. The van der Waals surface area contributed by atoms with Crippen LogP contribution in [0.2, 0.25) is 0 Å². The van der Waals surface area contributed by atoms with Crippen molar-refractivity contribution in [3.63, 3.8) is 0 Å². The third-order valence-electron chi connectivity index (χ3n) is 5.43. The third-order valence-corrected chi connectivity index (χ3v) is 5.43. The van der Waals surface area contributed by atoms with E-state index < -0.39 is 0 Å². The Morgan fingerprint density at radius 2 is 1.84 bits per heavy atom.